The average molecular weight is 395 g/mol. The minimum atomic E-state index is -0.312. The number of aromatic nitrogens is 2. The van der Waals surface area contributed by atoms with Gasteiger partial charge in [-0.2, -0.15) is 0 Å². The predicted octanol–water partition coefficient (Wildman–Crippen LogP) is 2.85. The Bertz CT molecular complexity index is 848. The van der Waals surface area contributed by atoms with Gasteiger partial charge in [-0.3, -0.25) is 9.78 Å². The molecule has 1 fully saturated rings. The first-order valence-electron chi connectivity index (χ1n) is 8.36. The van der Waals surface area contributed by atoms with E-state index in [1.165, 1.54) is 0 Å². The minimum Gasteiger partial charge on any atom is -0.377 e. The monoisotopic (exact) mass is 394 g/mol. The van der Waals surface area contributed by atoms with Crippen LogP contribution in [0.3, 0.4) is 0 Å². The van der Waals surface area contributed by atoms with Gasteiger partial charge in [0, 0.05) is 25.3 Å². The third kappa shape index (κ3) is 4.55. The van der Waals surface area contributed by atoms with Crippen LogP contribution in [-0.2, 0) is 6.54 Å². The van der Waals surface area contributed by atoms with E-state index >= 15 is 0 Å². The van der Waals surface area contributed by atoms with Gasteiger partial charge in [-0.15, -0.1) is 0 Å². The summed E-state index contributed by atoms with van der Waals surface area (Å²) in [7, 11) is 0. The lowest BCUT2D eigenvalue weighted by Gasteiger charge is -2.14. The fourth-order valence-corrected chi connectivity index (χ4v) is 3.16. The normalized spacial score (nSPS) is 16.5. The van der Waals surface area contributed by atoms with E-state index in [4.69, 9.17) is 28.6 Å². The Morgan fingerprint density at radius 3 is 2.85 bits per heavy atom. The molecule has 1 aromatic carbocycles. The van der Waals surface area contributed by atoms with Crippen LogP contribution in [0.25, 0.3) is 0 Å². The number of nitrogens with one attached hydrogen (secondary N) is 5. The summed E-state index contributed by atoms with van der Waals surface area (Å²) < 4.78 is 0. The first-order valence-corrected chi connectivity index (χ1v) is 9.12. The maximum absolute atomic E-state index is 12.4. The van der Waals surface area contributed by atoms with Gasteiger partial charge in [-0.1, -0.05) is 29.3 Å². The Balaban J connectivity index is 1.70. The van der Waals surface area contributed by atoms with Gasteiger partial charge in [0.15, 0.2) is 0 Å². The molecule has 9 heteroatoms. The SMILES string of the molecule is N=Cc1nc(NCc2ccc(Cl)c(Cl)c2)[nH]c(=O)c1NCC1CCCN1. The minimum absolute atomic E-state index is 0.295. The summed E-state index contributed by atoms with van der Waals surface area (Å²) in [6, 6.07) is 5.63. The van der Waals surface area contributed by atoms with Gasteiger partial charge in [-0.25, -0.2) is 4.98 Å². The number of hydrogen-bond donors (Lipinski definition) is 5. The van der Waals surface area contributed by atoms with Crippen molar-refractivity contribution < 1.29 is 0 Å². The zero-order valence-electron chi connectivity index (χ0n) is 14.0. The molecule has 5 N–H and O–H groups in total. The van der Waals surface area contributed by atoms with Crippen molar-refractivity contribution in [2.45, 2.75) is 25.4 Å². The zero-order valence-corrected chi connectivity index (χ0v) is 15.5. The highest BCUT2D eigenvalue weighted by atomic mass is 35.5. The summed E-state index contributed by atoms with van der Waals surface area (Å²) in [6.45, 7) is 2.04. The molecular formula is C17H20Cl2N6O. The molecular weight excluding hydrogens is 375 g/mol. The van der Waals surface area contributed by atoms with E-state index in [1.807, 2.05) is 6.07 Å². The van der Waals surface area contributed by atoms with Gasteiger partial charge in [0.1, 0.15) is 11.4 Å². The average Bonchev–Trinajstić information content (AvgIpc) is 3.15. The maximum Gasteiger partial charge on any atom is 0.276 e. The lowest BCUT2D eigenvalue weighted by atomic mass is 10.2. The molecule has 3 rings (SSSR count). The first-order chi connectivity index (χ1) is 12.6. The van der Waals surface area contributed by atoms with Crippen molar-refractivity contribution in [3.05, 3.63) is 49.9 Å². The Labute approximate surface area is 161 Å². The topological polar surface area (TPSA) is 106 Å². The number of hydrogen-bond acceptors (Lipinski definition) is 6. The quantitative estimate of drug-likeness (QED) is 0.464. The van der Waals surface area contributed by atoms with Gasteiger partial charge >= 0.3 is 0 Å². The van der Waals surface area contributed by atoms with Gasteiger partial charge in [0.2, 0.25) is 5.95 Å². The van der Waals surface area contributed by atoms with Gasteiger partial charge in [0.05, 0.1) is 10.0 Å². The number of H-pyrrole nitrogens is 1. The van der Waals surface area contributed by atoms with Crippen LogP contribution in [0.15, 0.2) is 23.0 Å². The summed E-state index contributed by atoms with van der Waals surface area (Å²) in [5.41, 5.74) is 1.19. The summed E-state index contributed by atoms with van der Waals surface area (Å²) in [6.07, 6.45) is 3.28. The van der Waals surface area contributed by atoms with Crippen LogP contribution in [0.4, 0.5) is 11.6 Å². The molecule has 26 heavy (non-hydrogen) atoms. The van der Waals surface area contributed by atoms with Crippen molar-refractivity contribution in [1.29, 1.82) is 5.41 Å². The van der Waals surface area contributed by atoms with E-state index < -0.39 is 0 Å². The standard InChI is InChI=1S/C17H20Cl2N6O/c18-12-4-3-10(6-13(12)19)8-23-17-24-14(7-20)15(16(26)25-17)22-9-11-2-1-5-21-11/h3-4,6-7,11,20-22H,1-2,5,8-9H2,(H2,23,24,25,26). The highest BCUT2D eigenvalue weighted by Crippen LogP contribution is 2.22. The number of rotatable bonds is 7. The third-order valence-electron chi connectivity index (χ3n) is 4.22. The van der Waals surface area contributed by atoms with Gasteiger partial charge < -0.3 is 21.4 Å². The smallest absolute Gasteiger partial charge is 0.276 e. The molecule has 1 aromatic heterocycles. The Kier molecular flexibility index (Phi) is 6.13. The van der Waals surface area contributed by atoms with E-state index in [9.17, 15) is 4.79 Å². The van der Waals surface area contributed by atoms with Crippen molar-refractivity contribution >= 4 is 41.1 Å². The summed E-state index contributed by atoms with van der Waals surface area (Å²) in [4.78, 5) is 19.4. The fourth-order valence-electron chi connectivity index (χ4n) is 2.84. The van der Waals surface area contributed by atoms with Crippen LogP contribution < -0.4 is 21.5 Å². The molecule has 0 radical (unpaired) electrons. The molecule has 1 aliphatic rings. The van der Waals surface area contributed by atoms with Gasteiger partial charge in [0.25, 0.3) is 5.56 Å². The highest BCUT2D eigenvalue weighted by Gasteiger charge is 2.16. The fraction of sp³-hybridized carbons (Fsp3) is 0.353. The highest BCUT2D eigenvalue weighted by molar-refractivity contribution is 6.42. The summed E-state index contributed by atoms with van der Waals surface area (Å²) in [5.74, 6) is 0.295. The molecule has 2 heterocycles. The zero-order chi connectivity index (χ0) is 18.5. The number of benzene rings is 1. The summed E-state index contributed by atoms with van der Waals surface area (Å²) >= 11 is 11.9. The van der Waals surface area contributed by atoms with Crippen molar-refractivity contribution in [2.24, 2.45) is 0 Å². The van der Waals surface area contributed by atoms with Crippen LogP contribution in [0.1, 0.15) is 24.1 Å². The van der Waals surface area contributed by atoms with E-state index in [-0.39, 0.29) is 5.56 Å². The van der Waals surface area contributed by atoms with E-state index in [0.29, 0.717) is 46.5 Å². The Hall–Kier alpha value is -2.09. The lowest BCUT2D eigenvalue weighted by molar-refractivity contribution is 0.633. The lowest BCUT2D eigenvalue weighted by Crippen LogP contribution is -2.31. The van der Waals surface area contributed by atoms with Crippen LogP contribution in [0.2, 0.25) is 10.0 Å². The molecule has 1 atom stereocenters. The van der Waals surface area contributed by atoms with E-state index in [1.54, 1.807) is 12.1 Å². The molecule has 0 amide bonds. The Morgan fingerprint density at radius 1 is 1.31 bits per heavy atom. The van der Waals surface area contributed by atoms with Crippen LogP contribution in [0.5, 0.6) is 0 Å². The van der Waals surface area contributed by atoms with Crippen LogP contribution in [0, 0.1) is 5.41 Å². The second kappa shape index (κ2) is 8.53. The molecule has 1 saturated heterocycles. The molecule has 2 aromatic rings. The number of halogens is 2. The maximum atomic E-state index is 12.4. The van der Waals surface area contributed by atoms with Gasteiger partial charge in [-0.05, 0) is 37.1 Å². The third-order valence-corrected chi connectivity index (χ3v) is 4.95. The molecule has 138 valence electrons. The largest absolute Gasteiger partial charge is 0.377 e. The molecule has 0 bridgehead atoms. The van der Waals surface area contributed by atoms with Crippen molar-refractivity contribution in [2.75, 3.05) is 23.7 Å². The van der Waals surface area contributed by atoms with E-state index in [2.05, 4.69) is 25.9 Å². The van der Waals surface area contributed by atoms with Crippen molar-refractivity contribution in [1.82, 2.24) is 15.3 Å². The van der Waals surface area contributed by atoms with Crippen LogP contribution >= 0.6 is 23.2 Å². The molecule has 0 spiro atoms. The number of nitrogens with zero attached hydrogens (tertiary/aromatic N) is 1. The summed E-state index contributed by atoms with van der Waals surface area (Å²) in [5, 5.41) is 18.0. The molecule has 7 nitrogen and oxygen atoms in total. The first kappa shape index (κ1) is 18.7. The second-order valence-corrected chi connectivity index (χ2v) is 6.91. The second-order valence-electron chi connectivity index (χ2n) is 6.10. The van der Waals surface area contributed by atoms with Crippen molar-refractivity contribution in [3.63, 3.8) is 0 Å². The molecule has 1 aliphatic heterocycles. The molecule has 1 unspecified atom stereocenters. The molecule has 0 aliphatic carbocycles. The Morgan fingerprint density at radius 2 is 2.15 bits per heavy atom. The predicted molar refractivity (Wildman–Crippen MR) is 106 cm³/mol. The van der Waals surface area contributed by atoms with Crippen LogP contribution in [-0.4, -0.2) is 35.3 Å². The molecule has 0 saturated carbocycles. The van der Waals surface area contributed by atoms with E-state index in [0.717, 1.165) is 31.2 Å². The number of anilines is 2. The van der Waals surface area contributed by atoms with Crippen molar-refractivity contribution in [3.8, 4) is 0 Å². The number of aromatic amines is 1.